The molecule has 0 fully saturated rings. The molecular weight excluding hydrogens is 300 g/mol. The predicted octanol–water partition coefficient (Wildman–Crippen LogP) is 4.15. The Bertz CT molecular complexity index is 673. The lowest BCUT2D eigenvalue weighted by molar-refractivity contribution is -0.122. The quantitative estimate of drug-likeness (QED) is 0.901. The van der Waals surface area contributed by atoms with Crippen molar-refractivity contribution in [2.24, 2.45) is 0 Å². The molecule has 2 aromatic rings. The summed E-state index contributed by atoms with van der Waals surface area (Å²) in [6, 6.07) is 9.20. The number of amides is 1. The van der Waals surface area contributed by atoms with Gasteiger partial charge in [0, 0.05) is 6.20 Å². The zero-order valence-electron chi connectivity index (χ0n) is 12.9. The molecule has 1 amide bonds. The highest BCUT2D eigenvalue weighted by Crippen LogP contribution is 2.27. The minimum atomic E-state index is -0.624. The van der Waals surface area contributed by atoms with Crippen LogP contribution in [0.15, 0.2) is 36.5 Å². The van der Waals surface area contributed by atoms with E-state index in [1.807, 2.05) is 45.0 Å². The largest absolute Gasteiger partial charge is 0.479 e. The summed E-state index contributed by atoms with van der Waals surface area (Å²) in [5, 5.41) is 3.29. The molecule has 1 atom stereocenters. The molecule has 0 aliphatic rings. The van der Waals surface area contributed by atoms with E-state index >= 15 is 0 Å². The monoisotopic (exact) mass is 318 g/mol. The summed E-state index contributed by atoms with van der Waals surface area (Å²) >= 11 is 6.12. The van der Waals surface area contributed by atoms with Gasteiger partial charge in [0.15, 0.2) is 6.10 Å². The molecule has 1 heterocycles. The molecule has 0 saturated heterocycles. The molecule has 0 radical (unpaired) electrons. The standard InChI is InChI=1S/C17H19ClN2O2/c1-4-14(22-15-10-11(2)7-8-13(15)18)17(21)20-16-12(3)6-5-9-19-16/h5-10,14H,4H2,1-3H3,(H,19,20,21). The molecule has 1 N–H and O–H groups in total. The number of ether oxygens (including phenoxy) is 1. The van der Waals surface area contributed by atoms with Gasteiger partial charge in [-0.3, -0.25) is 4.79 Å². The summed E-state index contributed by atoms with van der Waals surface area (Å²) in [6.07, 6.45) is 1.55. The second-order valence-corrected chi connectivity index (χ2v) is 5.51. The third kappa shape index (κ3) is 3.98. The van der Waals surface area contributed by atoms with Crippen molar-refractivity contribution in [3.63, 3.8) is 0 Å². The van der Waals surface area contributed by atoms with Gasteiger partial charge in [0.05, 0.1) is 5.02 Å². The van der Waals surface area contributed by atoms with Crippen molar-refractivity contribution in [1.29, 1.82) is 0 Å². The van der Waals surface area contributed by atoms with Gasteiger partial charge in [0.1, 0.15) is 11.6 Å². The van der Waals surface area contributed by atoms with E-state index in [4.69, 9.17) is 16.3 Å². The number of pyridine rings is 1. The van der Waals surface area contributed by atoms with Gasteiger partial charge in [0.25, 0.3) is 5.91 Å². The number of carbonyl (C=O) groups excluding carboxylic acids is 1. The molecule has 22 heavy (non-hydrogen) atoms. The van der Waals surface area contributed by atoms with Crippen molar-refractivity contribution in [1.82, 2.24) is 4.98 Å². The van der Waals surface area contributed by atoms with Crippen LogP contribution in [0.25, 0.3) is 0 Å². The van der Waals surface area contributed by atoms with Crippen molar-refractivity contribution < 1.29 is 9.53 Å². The number of nitrogens with one attached hydrogen (secondary N) is 1. The van der Waals surface area contributed by atoms with Crippen molar-refractivity contribution in [2.75, 3.05) is 5.32 Å². The van der Waals surface area contributed by atoms with Gasteiger partial charge < -0.3 is 10.1 Å². The predicted molar refractivity (Wildman–Crippen MR) is 88.5 cm³/mol. The van der Waals surface area contributed by atoms with E-state index in [-0.39, 0.29) is 5.91 Å². The number of carbonyl (C=O) groups is 1. The lowest BCUT2D eigenvalue weighted by Gasteiger charge is -2.18. The summed E-state index contributed by atoms with van der Waals surface area (Å²) in [5.74, 6) is 0.827. The number of aromatic nitrogens is 1. The molecule has 1 aromatic carbocycles. The fourth-order valence-electron chi connectivity index (χ4n) is 1.99. The Balaban J connectivity index is 2.12. The Morgan fingerprint density at radius 2 is 2.14 bits per heavy atom. The first-order valence-corrected chi connectivity index (χ1v) is 7.54. The number of benzene rings is 1. The molecule has 0 saturated carbocycles. The second kappa shape index (κ2) is 7.27. The molecule has 116 valence electrons. The van der Waals surface area contributed by atoms with Crippen LogP contribution < -0.4 is 10.1 Å². The smallest absolute Gasteiger partial charge is 0.266 e. The molecule has 2 rings (SSSR count). The van der Waals surface area contributed by atoms with Crippen molar-refractivity contribution >= 4 is 23.3 Å². The Labute approximate surface area is 135 Å². The second-order valence-electron chi connectivity index (χ2n) is 5.11. The maximum atomic E-state index is 12.4. The van der Waals surface area contributed by atoms with Gasteiger partial charge in [-0.1, -0.05) is 30.7 Å². The molecule has 1 unspecified atom stereocenters. The SMILES string of the molecule is CCC(Oc1cc(C)ccc1Cl)C(=O)Nc1ncccc1C. The van der Waals surface area contributed by atoms with Gasteiger partial charge in [0.2, 0.25) is 0 Å². The maximum absolute atomic E-state index is 12.4. The third-order valence-electron chi connectivity index (χ3n) is 3.27. The Morgan fingerprint density at radius 1 is 1.36 bits per heavy atom. The molecule has 0 spiro atoms. The van der Waals surface area contributed by atoms with Gasteiger partial charge in [-0.05, 0) is 49.6 Å². The first kappa shape index (κ1) is 16.3. The lowest BCUT2D eigenvalue weighted by atomic mass is 10.2. The third-order valence-corrected chi connectivity index (χ3v) is 3.58. The maximum Gasteiger partial charge on any atom is 0.266 e. The number of hydrogen-bond acceptors (Lipinski definition) is 3. The lowest BCUT2D eigenvalue weighted by Crippen LogP contribution is -2.33. The highest BCUT2D eigenvalue weighted by atomic mass is 35.5. The van der Waals surface area contributed by atoms with Crippen LogP contribution in [0.5, 0.6) is 5.75 Å². The first-order valence-electron chi connectivity index (χ1n) is 7.16. The highest BCUT2D eigenvalue weighted by molar-refractivity contribution is 6.32. The summed E-state index contributed by atoms with van der Waals surface area (Å²) in [5.41, 5.74) is 1.93. The van der Waals surface area contributed by atoms with Crippen LogP contribution in [0, 0.1) is 13.8 Å². The van der Waals surface area contributed by atoms with Crippen LogP contribution in [0.4, 0.5) is 5.82 Å². The van der Waals surface area contributed by atoms with Crippen molar-refractivity contribution in [3.05, 3.63) is 52.7 Å². The fraction of sp³-hybridized carbons (Fsp3) is 0.294. The van der Waals surface area contributed by atoms with E-state index in [1.54, 1.807) is 12.3 Å². The molecule has 4 nitrogen and oxygen atoms in total. The van der Waals surface area contributed by atoms with Crippen LogP contribution in [-0.4, -0.2) is 17.0 Å². The van der Waals surface area contributed by atoms with E-state index in [0.29, 0.717) is 23.0 Å². The number of halogens is 1. The van der Waals surface area contributed by atoms with E-state index in [9.17, 15) is 4.79 Å². The number of hydrogen-bond donors (Lipinski definition) is 1. The number of rotatable bonds is 5. The fourth-order valence-corrected chi connectivity index (χ4v) is 2.15. The van der Waals surface area contributed by atoms with Crippen LogP contribution in [0.3, 0.4) is 0 Å². The van der Waals surface area contributed by atoms with Crippen LogP contribution >= 0.6 is 11.6 Å². The van der Waals surface area contributed by atoms with Crippen molar-refractivity contribution in [2.45, 2.75) is 33.3 Å². The zero-order valence-corrected chi connectivity index (χ0v) is 13.6. The summed E-state index contributed by atoms with van der Waals surface area (Å²) in [7, 11) is 0. The summed E-state index contributed by atoms with van der Waals surface area (Å²) < 4.78 is 5.78. The molecule has 1 aromatic heterocycles. The minimum Gasteiger partial charge on any atom is -0.479 e. The normalized spacial score (nSPS) is 11.8. The van der Waals surface area contributed by atoms with Crippen LogP contribution in [-0.2, 0) is 4.79 Å². The molecule has 0 aliphatic heterocycles. The number of nitrogens with zero attached hydrogens (tertiary/aromatic N) is 1. The van der Waals surface area contributed by atoms with Crippen LogP contribution in [0.1, 0.15) is 24.5 Å². The first-order chi connectivity index (χ1) is 10.5. The van der Waals surface area contributed by atoms with Gasteiger partial charge in [-0.25, -0.2) is 4.98 Å². The van der Waals surface area contributed by atoms with Crippen molar-refractivity contribution in [3.8, 4) is 5.75 Å². The van der Waals surface area contributed by atoms with Crippen LogP contribution in [0.2, 0.25) is 5.02 Å². The molecular formula is C17H19ClN2O2. The zero-order chi connectivity index (χ0) is 16.1. The molecule has 0 aliphatic carbocycles. The van der Waals surface area contributed by atoms with E-state index in [2.05, 4.69) is 10.3 Å². The number of aryl methyl sites for hydroxylation is 2. The topological polar surface area (TPSA) is 51.2 Å². The highest BCUT2D eigenvalue weighted by Gasteiger charge is 2.20. The average molecular weight is 319 g/mol. The minimum absolute atomic E-state index is 0.234. The van der Waals surface area contributed by atoms with Gasteiger partial charge in [-0.15, -0.1) is 0 Å². The van der Waals surface area contributed by atoms with Gasteiger partial charge in [-0.2, -0.15) is 0 Å². The Hall–Kier alpha value is -2.07. The summed E-state index contributed by atoms with van der Waals surface area (Å²) in [4.78, 5) is 16.5. The molecule has 0 bridgehead atoms. The molecule has 5 heteroatoms. The summed E-state index contributed by atoms with van der Waals surface area (Å²) in [6.45, 7) is 5.72. The Kier molecular flexibility index (Phi) is 5.39. The average Bonchev–Trinajstić information content (AvgIpc) is 2.50. The van der Waals surface area contributed by atoms with E-state index in [1.165, 1.54) is 0 Å². The number of anilines is 1. The van der Waals surface area contributed by atoms with E-state index in [0.717, 1.165) is 11.1 Å². The van der Waals surface area contributed by atoms with Gasteiger partial charge >= 0.3 is 0 Å². The van der Waals surface area contributed by atoms with E-state index < -0.39 is 6.10 Å². The Morgan fingerprint density at radius 3 is 2.82 bits per heavy atom.